The molecule has 0 N–H and O–H groups in total. The van der Waals surface area contributed by atoms with Gasteiger partial charge in [-0.05, 0) is 49.6 Å². The minimum absolute atomic E-state index is 0.0472. The SMILES string of the molecule is Cc1cc(C(=O)CN2CCc3ccccc3C2)c(C)n1-c1ccccc1C(F)(F)F. The van der Waals surface area contributed by atoms with Gasteiger partial charge in [-0.3, -0.25) is 9.69 Å². The van der Waals surface area contributed by atoms with Crippen molar-refractivity contribution in [1.29, 1.82) is 0 Å². The van der Waals surface area contributed by atoms with E-state index in [9.17, 15) is 18.0 Å². The van der Waals surface area contributed by atoms with Crippen LogP contribution in [0.15, 0.2) is 54.6 Å². The molecule has 0 spiro atoms. The van der Waals surface area contributed by atoms with Gasteiger partial charge in [0.2, 0.25) is 0 Å². The predicted molar refractivity (Wildman–Crippen MR) is 110 cm³/mol. The van der Waals surface area contributed by atoms with Crippen molar-refractivity contribution in [3.05, 3.63) is 88.2 Å². The summed E-state index contributed by atoms with van der Waals surface area (Å²) in [6.07, 6.45) is -3.58. The number of hydrogen-bond donors (Lipinski definition) is 0. The van der Waals surface area contributed by atoms with Crippen LogP contribution in [0, 0.1) is 13.8 Å². The van der Waals surface area contributed by atoms with Gasteiger partial charge in [0.25, 0.3) is 0 Å². The van der Waals surface area contributed by atoms with Crippen LogP contribution in [0.2, 0.25) is 0 Å². The topological polar surface area (TPSA) is 25.2 Å². The van der Waals surface area contributed by atoms with Crippen LogP contribution in [-0.4, -0.2) is 28.3 Å². The van der Waals surface area contributed by atoms with Crippen LogP contribution < -0.4 is 0 Å². The maximum Gasteiger partial charge on any atom is 0.418 e. The lowest BCUT2D eigenvalue weighted by atomic mass is 9.99. The fraction of sp³-hybridized carbons (Fsp3) is 0.292. The van der Waals surface area contributed by atoms with Crippen molar-refractivity contribution in [3.63, 3.8) is 0 Å². The van der Waals surface area contributed by atoms with E-state index >= 15 is 0 Å². The van der Waals surface area contributed by atoms with Gasteiger partial charge in [-0.25, -0.2) is 0 Å². The number of para-hydroxylation sites is 1. The highest BCUT2D eigenvalue weighted by molar-refractivity contribution is 5.99. The van der Waals surface area contributed by atoms with E-state index in [0.29, 0.717) is 23.5 Å². The molecule has 3 nitrogen and oxygen atoms in total. The van der Waals surface area contributed by atoms with Gasteiger partial charge in [0.05, 0.1) is 17.8 Å². The zero-order chi connectivity index (χ0) is 21.5. The first-order chi connectivity index (χ1) is 14.3. The number of benzene rings is 2. The quantitative estimate of drug-likeness (QED) is 0.540. The van der Waals surface area contributed by atoms with Gasteiger partial charge in [-0.15, -0.1) is 0 Å². The number of carbonyl (C=O) groups excluding carboxylic acids is 1. The number of Topliss-reactive ketones (excluding diaryl/α,β-unsaturated/α-hetero) is 1. The number of halogens is 3. The highest BCUT2D eigenvalue weighted by Gasteiger charge is 2.34. The van der Waals surface area contributed by atoms with E-state index in [1.807, 2.05) is 12.1 Å². The van der Waals surface area contributed by atoms with Crippen LogP contribution in [0.5, 0.6) is 0 Å². The van der Waals surface area contributed by atoms with Crippen LogP contribution in [0.3, 0.4) is 0 Å². The van der Waals surface area contributed by atoms with Crippen LogP contribution in [0.1, 0.15) is 38.4 Å². The second-order valence-electron chi connectivity index (χ2n) is 7.79. The molecule has 0 aliphatic carbocycles. The van der Waals surface area contributed by atoms with Gasteiger partial charge in [0.1, 0.15) is 0 Å². The summed E-state index contributed by atoms with van der Waals surface area (Å²) in [7, 11) is 0. The molecule has 0 unspecified atom stereocenters. The van der Waals surface area contributed by atoms with Crippen LogP contribution in [-0.2, 0) is 19.1 Å². The normalized spacial score (nSPS) is 14.6. The summed E-state index contributed by atoms with van der Waals surface area (Å²) in [5.41, 5.74) is 3.49. The Kier molecular flexibility index (Phi) is 5.28. The Hall–Kier alpha value is -2.86. The summed E-state index contributed by atoms with van der Waals surface area (Å²) in [6, 6.07) is 15.4. The van der Waals surface area contributed by atoms with E-state index in [1.165, 1.54) is 27.8 Å². The lowest BCUT2D eigenvalue weighted by molar-refractivity contribution is -0.137. The number of aryl methyl sites for hydroxylation is 1. The number of rotatable bonds is 4. The minimum atomic E-state index is -4.47. The Morgan fingerprint density at radius 2 is 1.67 bits per heavy atom. The van der Waals surface area contributed by atoms with E-state index < -0.39 is 11.7 Å². The molecular formula is C24H23F3N2O. The number of fused-ring (bicyclic) bond motifs is 1. The van der Waals surface area contributed by atoms with Gasteiger partial charge < -0.3 is 4.57 Å². The van der Waals surface area contributed by atoms with Crippen molar-refractivity contribution in [2.45, 2.75) is 33.0 Å². The van der Waals surface area contributed by atoms with Crippen LogP contribution in [0.25, 0.3) is 5.69 Å². The van der Waals surface area contributed by atoms with Crippen molar-refractivity contribution < 1.29 is 18.0 Å². The van der Waals surface area contributed by atoms with Crippen LogP contribution >= 0.6 is 0 Å². The average Bonchev–Trinajstić information content (AvgIpc) is 3.01. The molecule has 0 bridgehead atoms. The molecule has 6 heteroatoms. The molecule has 3 aromatic rings. The Labute approximate surface area is 173 Å². The summed E-state index contributed by atoms with van der Waals surface area (Å²) < 4.78 is 42.0. The third kappa shape index (κ3) is 3.79. The standard InChI is InChI=1S/C24H23F3N2O/c1-16-13-20(17(2)29(16)22-10-6-5-9-21(22)24(25,26)27)23(30)15-28-12-11-18-7-3-4-8-19(18)14-28/h3-10,13H,11-12,14-15H2,1-2H3. The zero-order valence-corrected chi connectivity index (χ0v) is 17.0. The first kappa shape index (κ1) is 20.4. The number of carbonyl (C=O) groups is 1. The summed E-state index contributed by atoms with van der Waals surface area (Å²) in [4.78, 5) is 15.1. The number of nitrogens with zero attached hydrogens (tertiary/aromatic N) is 2. The lowest BCUT2D eigenvalue weighted by Crippen LogP contribution is -2.35. The molecule has 30 heavy (non-hydrogen) atoms. The molecule has 0 atom stereocenters. The van der Waals surface area contributed by atoms with E-state index in [0.717, 1.165) is 19.0 Å². The number of hydrogen-bond acceptors (Lipinski definition) is 2. The maximum atomic E-state index is 13.5. The molecule has 0 saturated heterocycles. The fourth-order valence-electron chi connectivity index (χ4n) is 4.30. The smallest absolute Gasteiger partial charge is 0.317 e. The molecule has 4 rings (SSSR count). The summed E-state index contributed by atoms with van der Waals surface area (Å²) in [6.45, 7) is 5.18. The second-order valence-corrected chi connectivity index (χ2v) is 7.79. The van der Waals surface area contributed by atoms with Crippen molar-refractivity contribution in [1.82, 2.24) is 9.47 Å². The van der Waals surface area contributed by atoms with Crippen molar-refractivity contribution in [3.8, 4) is 5.69 Å². The van der Waals surface area contributed by atoms with Gasteiger partial charge in [-0.2, -0.15) is 13.2 Å². The van der Waals surface area contributed by atoms with E-state index in [1.54, 1.807) is 26.0 Å². The third-order valence-electron chi connectivity index (χ3n) is 5.76. The third-order valence-corrected chi connectivity index (χ3v) is 5.76. The first-order valence-electron chi connectivity index (χ1n) is 9.93. The predicted octanol–water partition coefficient (Wildman–Crippen LogP) is 5.35. The molecule has 1 aliphatic heterocycles. The van der Waals surface area contributed by atoms with Crippen molar-refractivity contribution >= 4 is 5.78 Å². The van der Waals surface area contributed by atoms with Crippen molar-refractivity contribution in [2.75, 3.05) is 13.1 Å². The number of alkyl halides is 3. The highest BCUT2D eigenvalue weighted by Crippen LogP contribution is 2.35. The van der Waals surface area contributed by atoms with Crippen LogP contribution in [0.4, 0.5) is 13.2 Å². The number of ketones is 1. The minimum Gasteiger partial charge on any atom is -0.317 e. The summed E-state index contributed by atoms with van der Waals surface area (Å²) >= 11 is 0. The van der Waals surface area contributed by atoms with Gasteiger partial charge in [0, 0.05) is 30.0 Å². The largest absolute Gasteiger partial charge is 0.418 e. The van der Waals surface area contributed by atoms with E-state index in [4.69, 9.17) is 0 Å². The molecule has 2 aromatic carbocycles. The molecular weight excluding hydrogens is 389 g/mol. The summed E-state index contributed by atoms with van der Waals surface area (Å²) in [5, 5.41) is 0. The van der Waals surface area contributed by atoms with Crippen molar-refractivity contribution in [2.24, 2.45) is 0 Å². The molecule has 0 fully saturated rings. The van der Waals surface area contributed by atoms with Gasteiger partial charge >= 0.3 is 6.18 Å². The molecule has 1 aromatic heterocycles. The Morgan fingerprint density at radius 3 is 2.40 bits per heavy atom. The molecule has 0 saturated carbocycles. The molecule has 1 aliphatic rings. The monoisotopic (exact) mass is 412 g/mol. The Bertz CT molecular complexity index is 1100. The van der Waals surface area contributed by atoms with Gasteiger partial charge in [0.15, 0.2) is 5.78 Å². The fourth-order valence-corrected chi connectivity index (χ4v) is 4.30. The van der Waals surface area contributed by atoms with E-state index in [-0.39, 0.29) is 18.0 Å². The highest BCUT2D eigenvalue weighted by atomic mass is 19.4. The first-order valence-corrected chi connectivity index (χ1v) is 9.93. The average molecular weight is 412 g/mol. The summed E-state index contributed by atoms with van der Waals surface area (Å²) in [5.74, 6) is -0.0711. The van der Waals surface area contributed by atoms with Gasteiger partial charge in [-0.1, -0.05) is 36.4 Å². The molecule has 2 heterocycles. The van der Waals surface area contributed by atoms with E-state index in [2.05, 4.69) is 17.0 Å². The molecule has 0 amide bonds. The maximum absolute atomic E-state index is 13.5. The molecule has 156 valence electrons. The second kappa shape index (κ2) is 7.76. The lowest BCUT2D eigenvalue weighted by Gasteiger charge is -2.28. The Morgan fingerprint density at radius 1 is 1.00 bits per heavy atom. The molecule has 0 radical (unpaired) electrons. The number of aromatic nitrogens is 1. The zero-order valence-electron chi connectivity index (χ0n) is 17.0. The Balaban J connectivity index is 1.61.